The topological polar surface area (TPSA) is 138 Å². The second-order valence-corrected chi connectivity index (χ2v) is 9.13. The highest BCUT2D eigenvalue weighted by Gasteiger charge is 2.27. The molecule has 0 radical (unpaired) electrons. The Hall–Kier alpha value is -2.50. The molecule has 1 aromatic carbocycles. The van der Waals surface area contributed by atoms with E-state index in [0.29, 0.717) is 12.1 Å². The van der Waals surface area contributed by atoms with Gasteiger partial charge in [0.2, 0.25) is 0 Å². The third-order valence-corrected chi connectivity index (χ3v) is 6.97. The molecule has 2 aromatic heterocycles. The van der Waals surface area contributed by atoms with E-state index in [-0.39, 0.29) is 11.0 Å². The molecule has 1 saturated heterocycles. The predicted octanol–water partition coefficient (Wildman–Crippen LogP) is 2.79. The molecule has 10 heteroatoms. The summed E-state index contributed by atoms with van der Waals surface area (Å²) in [6.07, 6.45) is 12.2. The summed E-state index contributed by atoms with van der Waals surface area (Å²) in [6, 6.07) is 9.62. The van der Waals surface area contributed by atoms with E-state index in [1.54, 1.807) is 18.3 Å². The third kappa shape index (κ3) is 5.94. The Bertz CT molecular complexity index is 1060. The standard InChI is InChI=1S/C24H30N6OS.2H2O/c1-32-29-20-12-18(14-25-15-20)17-2-7-23-22(13-17)24(27-16-26-23)28-19-3-5-21(6-4-19)30-8-10-31-11-9-30;;/h2,7,12-16,19,21,29H,3-6,8-11H2,1H3,(H,26,27,28);2*1H2. The molecule has 0 spiro atoms. The third-order valence-electron chi connectivity index (χ3n) is 6.53. The number of fused-ring (bicyclic) bond motifs is 1. The Kier molecular flexibility index (Phi) is 9.43. The van der Waals surface area contributed by atoms with Crippen LogP contribution >= 0.6 is 11.9 Å². The molecule has 3 heterocycles. The van der Waals surface area contributed by atoms with Gasteiger partial charge in [0.05, 0.1) is 30.6 Å². The molecule has 3 aromatic rings. The van der Waals surface area contributed by atoms with Crippen molar-refractivity contribution in [3.63, 3.8) is 0 Å². The van der Waals surface area contributed by atoms with Gasteiger partial charge in [0.15, 0.2) is 0 Å². The number of hydrogen-bond acceptors (Lipinski definition) is 8. The number of anilines is 2. The van der Waals surface area contributed by atoms with Crippen molar-refractivity contribution in [2.24, 2.45) is 0 Å². The summed E-state index contributed by atoms with van der Waals surface area (Å²) in [4.78, 5) is 16.1. The van der Waals surface area contributed by atoms with Crippen LogP contribution in [0.2, 0.25) is 0 Å². The van der Waals surface area contributed by atoms with E-state index in [1.165, 1.54) is 25.7 Å². The molecule has 0 bridgehead atoms. The summed E-state index contributed by atoms with van der Waals surface area (Å²) in [5, 5.41) is 4.79. The van der Waals surface area contributed by atoms with Crippen molar-refractivity contribution in [1.82, 2.24) is 19.9 Å². The fourth-order valence-corrected chi connectivity index (χ4v) is 5.19. The van der Waals surface area contributed by atoms with Gasteiger partial charge in [-0.2, -0.15) is 0 Å². The summed E-state index contributed by atoms with van der Waals surface area (Å²) < 4.78 is 8.77. The van der Waals surface area contributed by atoms with Crippen LogP contribution in [0, 0.1) is 0 Å². The van der Waals surface area contributed by atoms with Gasteiger partial charge in [0.1, 0.15) is 12.1 Å². The van der Waals surface area contributed by atoms with Crippen molar-refractivity contribution < 1.29 is 15.7 Å². The summed E-state index contributed by atoms with van der Waals surface area (Å²) in [5.41, 5.74) is 4.14. The minimum absolute atomic E-state index is 0. The predicted molar refractivity (Wildman–Crippen MR) is 139 cm³/mol. The number of rotatable bonds is 6. The van der Waals surface area contributed by atoms with Crippen molar-refractivity contribution in [3.8, 4) is 11.1 Å². The second-order valence-electron chi connectivity index (χ2n) is 8.52. The van der Waals surface area contributed by atoms with Crippen LogP contribution in [0.4, 0.5) is 11.5 Å². The van der Waals surface area contributed by atoms with E-state index in [1.807, 2.05) is 18.6 Å². The Labute approximate surface area is 204 Å². The smallest absolute Gasteiger partial charge is 0.137 e. The lowest BCUT2D eigenvalue weighted by atomic mass is 9.90. The molecule has 0 unspecified atom stereocenters. The first-order valence-electron chi connectivity index (χ1n) is 11.4. The SMILES string of the molecule is CSNc1cncc(-c2ccc3ncnc(NC4CCC(N5CCOCC5)CC4)c3c2)c1.O.O. The van der Waals surface area contributed by atoms with E-state index >= 15 is 0 Å². The van der Waals surface area contributed by atoms with Crippen LogP contribution in [-0.4, -0.2) is 75.4 Å². The van der Waals surface area contributed by atoms with Crippen molar-refractivity contribution in [2.75, 3.05) is 42.6 Å². The first kappa shape index (κ1) is 26.1. The zero-order valence-electron chi connectivity index (χ0n) is 19.5. The average Bonchev–Trinajstić information content (AvgIpc) is 2.85. The van der Waals surface area contributed by atoms with Gasteiger partial charge < -0.3 is 25.7 Å². The lowest BCUT2D eigenvalue weighted by Gasteiger charge is -2.39. The van der Waals surface area contributed by atoms with Crippen LogP contribution < -0.4 is 10.0 Å². The molecule has 184 valence electrons. The monoisotopic (exact) mass is 486 g/mol. The van der Waals surface area contributed by atoms with Gasteiger partial charge in [-0.3, -0.25) is 9.88 Å². The Morgan fingerprint density at radius 1 is 0.971 bits per heavy atom. The fraction of sp³-hybridized carbons (Fsp3) is 0.458. The fourth-order valence-electron chi connectivity index (χ4n) is 4.84. The van der Waals surface area contributed by atoms with Crippen LogP contribution in [0.15, 0.2) is 43.0 Å². The van der Waals surface area contributed by atoms with Crippen LogP contribution in [0.25, 0.3) is 22.0 Å². The molecule has 1 aliphatic heterocycles. The van der Waals surface area contributed by atoms with Crippen LogP contribution in [0.3, 0.4) is 0 Å². The summed E-state index contributed by atoms with van der Waals surface area (Å²) in [6.45, 7) is 3.90. The van der Waals surface area contributed by atoms with Gasteiger partial charge in [0.25, 0.3) is 0 Å². The van der Waals surface area contributed by atoms with Gasteiger partial charge in [-0.05, 0) is 49.4 Å². The quantitative estimate of drug-likeness (QED) is 0.507. The number of morpholine rings is 1. The van der Waals surface area contributed by atoms with Crippen molar-refractivity contribution >= 4 is 34.4 Å². The van der Waals surface area contributed by atoms with Crippen molar-refractivity contribution in [3.05, 3.63) is 43.0 Å². The summed E-state index contributed by atoms with van der Waals surface area (Å²) >= 11 is 1.56. The first-order valence-corrected chi connectivity index (χ1v) is 12.6. The summed E-state index contributed by atoms with van der Waals surface area (Å²) in [7, 11) is 0. The summed E-state index contributed by atoms with van der Waals surface area (Å²) in [5.74, 6) is 0.929. The zero-order valence-corrected chi connectivity index (χ0v) is 20.3. The van der Waals surface area contributed by atoms with E-state index < -0.39 is 0 Å². The Morgan fingerprint density at radius 3 is 2.53 bits per heavy atom. The molecule has 1 aliphatic carbocycles. The van der Waals surface area contributed by atoms with E-state index in [0.717, 1.165) is 59.8 Å². The normalized spacial score (nSPS) is 20.7. The molecule has 9 nitrogen and oxygen atoms in total. The van der Waals surface area contributed by atoms with E-state index in [2.05, 4.69) is 54.2 Å². The molecule has 2 fully saturated rings. The maximum absolute atomic E-state index is 5.52. The minimum Gasteiger partial charge on any atom is -0.412 e. The van der Waals surface area contributed by atoms with Gasteiger partial charge in [0, 0.05) is 48.6 Å². The molecule has 1 saturated carbocycles. The van der Waals surface area contributed by atoms with Gasteiger partial charge in [-0.15, -0.1) is 0 Å². The van der Waals surface area contributed by atoms with Crippen LogP contribution in [0.1, 0.15) is 25.7 Å². The number of hydrogen-bond donors (Lipinski definition) is 2. The number of nitrogens with one attached hydrogen (secondary N) is 2. The zero-order chi connectivity index (χ0) is 21.8. The van der Waals surface area contributed by atoms with Crippen LogP contribution in [0.5, 0.6) is 0 Å². The number of nitrogens with zero attached hydrogens (tertiary/aromatic N) is 4. The molecular formula is C24H34N6O3S. The highest BCUT2D eigenvalue weighted by atomic mass is 32.2. The van der Waals surface area contributed by atoms with Gasteiger partial charge >= 0.3 is 0 Å². The molecule has 0 amide bonds. The first-order chi connectivity index (χ1) is 15.8. The van der Waals surface area contributed by atoms with E-state index in [9.17, 15) is 0 Å². The van der Waals surface area contributed by atoms with E-state index in [4.69, 9.17) is 4.74 Å². The molecule has 34 heavy (non-hydrogen) atoms. The Balaban J connectivity index is 0.00000162. The highest BCUT2D eigenvalue weighted by molar-refractivity contribution is 7.99. The molecule has 0 atom stereocenters. The average molecular weight is 487 g/mol. The molecule has 2 aliphatic rings. The van der Waals surface area contributed by atoms with Crippen LogP contribution in [-0.2, 0) is 4.74 Å². The highest BCUT2D eigenvalue weighted by Crippen LogP contribution is 2.31. The number of benzene rings is 1. The lowest BCUT2D eigenvalue weighted by Crippen LogP contribution is -2.46. The van der Waals surface area contributed by atoms with Gasteiger partial charge in [-0.25, -0.2) is 9.97 Å². The Morgan fingerprint density at radius 2 is 1.76 bits per heavy atom. The molecule has 6 N–H and O–H groups in total. The van der Waals surface area contributed by atoms with Gasteiger partial charge in [-0.1, -0.05) is 18.0 Å². The number of pyridine rings is 1. The molecule has 5 rings (SSSR count). The van der Waals surface area contributed by atoms with Crippen molar-refractivity contribution in [2.45, 2.75) is 37.8 Å². The number of aromatic nitrogens is 3. The molecular weight excluding hydrogens is 452 g/mol. The lowest BCUT2D eigenvalue weighted by molar-refractivity contribution is 0.00791. The number of ether oxygens (including phenoxy) is 1. The largest absolute Gasteiger partial charge is 0.412 e. The maximum Gasteiger partial charge on any atom is 0.137 e. The van der Waals surface area contributed by atoms with Crippen molar-refractivity contribution in [1.29, 1.82) is 0 Å². The minimum atomic E-state index is 0. The second kappa shape index (κ2) is 12.3. The maximum atomic E-state index is 5.52.